The third kappa shape index (κ3) is 3.54. The van der Waals surface area contributed by atoms with Crippen LogP contribution in [-0.4, -0.2) is 30.3 Å². The van der Waals surface area contributed by atoms with Crippen molar-refractivity contribution in [1.82, 2.24) is 5.01 Å². The molecule has 0 aliphatic carbocycles. The van der Waals surface area contributed by atoms with E-state index in [4.69, 9.17) is 4.74 Å². The number of hydrogen-bond donors (Lipinski definition) is 0. The number of halogens is 4. The highest BCUT2D eigenvalue weighted by Crippen LogP contribution is 2.37. The van der Waals surface area contributed by atoms with E-state index in [1.54, 1.807) is 0 Å². The van der Waals surface area contributed by atoms with Crippen LogP contribution in [0.3, 0.4) is 0 Å². The number of hydrazone groups is 1. The number of methoxy groups -OCH3 is 1. The van der Waals surface area contributed by atoms with Crippen molar-refractivity contribution in [3.8, 4) is 5.75 Å². The van der Waals surface area contributed by atoms with E-state index in [0.717, 1.165) is 24.3 Å². The van der Waals surface area contributed by atoms with Gasteiger partial charge in [0.1, 0.15) is 11.6 Å². The summed E-state index contributed by atoms with van der Waals surface area (Å²) in [5.41, 5.74) is -0.175. The highest BCUT2D eigenvalue weighted by atomic mass is 19.4. The standard InChI is InChI=1S/C18H14F4N2O2/c1-26-16-6-5-11(10-14(16)18(20,21)22)15-7-8-24(23-15)17(25)12-3-2-4-13(19)9-12/h2-6,9-10H,7-8H2,1H3. The van der Waals surface area contributed by atoms with Crippen LogP contribution in [-0.2, 0) is 6.18 Å². The van der Waals surface area contributed by atoms with Crippen LogP contribution in [0.5, 0.6) is 5.75 Å². The largest absolute Gasteiger partial charge is 0.496 e. The minimum Gasteiger partial charge on any atom is -0.496 e. The van der Waals surface area contributed by atoms with Crippen molar-refractivity contribution in [2.24, 2.45) is 5.10 Å². The normalized spacial score (nSPS) is 14.3. The molecule has 0 saturated carbocycles. The lowest BCUT2D eigenvalue weighted by atomic mass is 10.0. The number of alkyl halides is 3. The molecular weight excluding hydrogens is 352 g/mol. The maximum absolute atomic E-state index is 13.3. The van der Waals surface area contributed by atoms with E-state index in [1.165, 1.54) is 30.3 Å². The van der Waals surface area contributed by atoms with Gasteiger partial charge in [-0.1, -0.05) is 6.07 Å². The first-order valence-electron chi connectivity index (χ1n) is 7.70. The van der Waals surface area contributed by atoms with Crippen LogP contribution in [0.15, 0.2) is 47.6 Å². The molecule has 2 aromatic carbocycles. The Morgan fingerprint density at radius 1 is 1.19 bits per heavy atom. The van der Waals surface area contributed by atoms with Crippen molar-refractivity contribution in [1.29, 1.82) is 0 Å². The number of amides is 1. The molecule has 136 valence electrons. The van der Waals surface area contributed by atoms with Gasteiger partial charge in [0.15, 0.2) is 0 Å². The lowest BCUT2D eigenvalue weighted by Crippen LogP contribution is -2.23. The smallest absolute Gasteiger partial charge is 0.419 e. The molecule has 2 aromatic rings. The third-order valence-electron chi connectivity index (χ3n) is 3.95. The predicted molar refractivity (Wildman–Crippen MR) is 86.6 cm³/mol. The molecule has 0 atom stereocenters. The summed E-state index contributed by atoms with van der Waals surface area (Å²) in [5.74, 6) is -1.35. The molecular formula is C18H14F4N2O2. The Kier molecular flexibility index (Phi) is 4.67. The van der Waals surface area contributed by atoms with E-state index in [2.05, 4.69) is 5.10 Å². The number of carbonyl (C=O) groups excluding carboxylic acids is 1. The monoisotopic (exact) mass is 366 g/mol. The maximum atomic E-state index is 13.3. The summed E-state index contributed by atoms with van der Waals surface area (Å²) in [4.78, 5) is 12.4. The van der Waals surface area contributed by atoms with Gasteiger partial charge in [-0.05, 0) is 42.0 Å². The van der Waals surface area contributed by atoms with Crippen LogP contribution in [0.4, 0.5) is 17.6 Å². The van der Waals surface area contributed by atoms with E-state index < -0.39 is 23.5 Å². The number of ether oxygens (including phenoxy) is 1. The van der Waals surface area contributed by atoms with E-state index >= 15 is 0 Å². The molecule has 1 aliphatic heterocycles. The molecule has 8 heteroatoms. The second-order valence-corrected chi connectivity index (χ2v) is 5.65. The van der Waals surface area contributed by atoms with Gasteiger partial charge in [-0.3, -0.25) is 4.79 Å². The van der Waals surface area contributed by atoms with Gasteiger partial charge in [0.05, 0.1) is 24.9 Å². The average molecular weight is 366 g/mol. The SMILES string of the molecule is COc1ccc(C2=NN(C(=O)c3cccc(F)c3)CC2)cc1C(F)(F)F. The molecule has 26 heavy (non-hydrogen) atoms. The lowest BCUT2D eigenvalue weighted by Gasteiger charge is -2.13. The molecule has 0 spiro atoms. The molecule has 1 amide bonds. The first-order valence-corrected chi connectivity index (χ1v) is 7.70. The van der Waals surface area contributed by atoms with Crippen molar-refractivity contribution < 1.29 is 27.1 Å². The van der Waals surface area contributed by atoms with Crippen molar-refractivity contribution in [2.75, 3.05) is 13.7 Å². The van der Waals surface area contributed by atoms with Crippen LogP contribution in [0.1, 0.15) is 27.9 Å². The molecule has 0 N–H and O–H groups in total. The average Bonchev–Trinajstić information content (AvgIpc) is 3.10. The minimum absolute atomic E-state index is 0.126. The maximum Gasteiger partial charge on any atom is 0.419 e. The highest BCUT2D eigenvalue weighted by molar-refractivity contribution is 6.04. The van der Waals surface area contributed by atoms with Gasteiger partial charge in [-0.25, -0.2) is 9.40 Å². The third-order valence-corrected chi connectivity index (χ3v) is 3.95. The Morgan fingerprint density at radius 3 is 2.62 bits per heavy atom. The van der Waals surface area contributed by atoms with Crippen LogP contribution in [0.2, 0.25) is 0 Å². The second-order valence-electron chi connectivity index (χ2n) is 5.65. The summed E-state index contributed by atoms with van der Waals surface area (Å²) >= 11 is 0. The van der Waals surface area contributed by atoms with Gasteiger partial charge < -0.3 is 4.74 Å². The number of nitrogens with zero attached hydrogens (tertiary/aromatic N) is 2. The van der Waals surface area contributed by atoms with Crippen molar-refractivity contribution in [3.05, 3.63) is 65.0 Å². The summed E-state index contributed by atoms with van der Waals surface area (Å²) in [6.45, 7) is 0.206. The van der Waals surface area contributed by atoms with Crippen LogP contribution >= 0.6 is 0 Å². The van der Waals surface area contributed by atoms with Crippen LogP contribution < -0.4 is 4.74 Å². The van der Waals surface area contributed by atoms with Crippen molar-refractivity contribution in [3.63, 3.8) is 0 Å². The molecule has 0 unspecified atom stereocenters. The number of rotatable bonds is 3. The summed E-state index contributed by atoms with van der Waals surface area (Å²) in [6.07, 6.45) is -4.28. The summed E-state index contributed by atoms with van der Waals surface area (Å²) in [7, 11) is 1.16. The van der Waals surface area contributed by atoms with Gasteiger partial charge in [-0.15, -0.1) is 0 Å². The zero-order valence-electron chi connectivity index (χ0n) is 13.7. The Hall–Kier alpha value is -2.90. The molecule has 0 radical (unpaired) electrons. The van der Waals surface area contributed by atoms with Crippen molar-refractivity contribution >= 4 is 11.6 Å². The van der Waals surface area contributed by atoms with Gasteiger partial charge in [0, 0.05) is 12.0 Å². The first kappa shape index (κ1) is 17.9. The summed E-state index contributed by atoms with van der Waals surface area (Å²) < 4.78 is 57.5. The van der Waals surface area contributed by atoms with Crippen LogP contribution in [0.25, 0.3) is 0 Å². The number of benzene rings is 2. The van der Waals surface area contributed by atoms with E-state index in [-0.39, 0.29) is 23.4 Å². The Labute approximate surface area is 146 Å². The molecule has 0 fully saturated rings. The second kappa shape index (κ2) is 6.78. The molecule has 4 nitrogen and oxygen atoms in total. The van der Waals surface area contributed by atoms with Crippen LogP contribution in [0, 0.1) is 5.82 Å². The van der Waals surface area contributed by atoms with E-state index in [0.29, 0.717) is 12.1 Å². The predicted octanol–water partition coefficient (Wildman–Crippen LogP) is 4.10. The minimum atomic E-state index is -4.57. The van der Waals surface area contributed by atoms with Gasteiger partial charge in [0.2, 0.25) is 0 Å². The zero-order chi connectivity index (χ0) is 18.9. The molecule has 3 rings (SSSR count). The summed E-state index contributed by atoms with van der Waals surface area (Å²) in [6, 6.07) is 8.79. The summed E-state index contributed by atoms with van der Waals surface area (Å²) in [5, 5.41) is 5.24. The quantitative estimate of drug-likeness (QED) is 0.768. The van der Waals surface area contributed by atoms with Crippen molar-refractivity contribution in [2.45, 2.75) is 12.6 Å². The van der Waals surface area contributed by atoms with Gasteiger partial charge in [-0.2, -0.15) is 18.3 Å². The Bertz CT molecular complexity index is 878. The topological polar surface area (TPSA) is 41.9 Å². The number of hydrogen-bond acceptors (Lipinski definition) is 3. The van der Waals surface area contributed by atoms with E-state index in [1.807, 2.05) is 0 Å². The fourth-order valence-corrected chi connectivity index (χ4v) is 2.69. The fraction of sp³-hybridized carbons (Fsp3) is 0.222. The number of carbonyl (C=O) groups is 1. The molecule has 1 aliphatic rings. The highest BCUT2D eigenvalue weighted by Gasteiger charge is 2.35. The molecule has 0 aromatic heterocycles. The van der Waals surface area contributed by atoms with E-state index in [9.17, 15) is 22.4 Å². The Balaban J connectivity index is 1.89. The molecule has 0 bridgehead atoms. The zero-order valence-corrected chi connectivity index (χ0v) is 13.7. The first-order chi connectivity index (χ1) is 12.3. The lowest BCUT2D eigenvalue weighted by molar-refractivity contribution is -0.138. The van der Waals surface area contributed by atoms with Gasteiger partial charge in [0.25, 0.3) is 5.91 Å². The molecule has 1 heterocycles. The molecule has 0 saturated heterocycles. The fourth-order valence-electron chi connectivity index (χ4n) is 2.69. The van der Waals surface area contributed by atoms with Gasteiger partial charge >= 0.3 is 6.18 Å². The Morgan fingerprint density at radius 2 is 1.96 bits per heavy atom.